The summed E-state index contributed by atoms with van der Waals surface area (Å²) in [5.41, 5.74) is 1.05. The fourth-order valence-electron chi connectivity index (χ4n) is 4.57. The van der Waals surface area contributed by atoms with Gasteiger partial charge in [0, 0.05) is 22.3 Å². The maximum absolute atomic E-state index is 15.6. The smallest absolute Gasteiger partial charge is 0.132 e. The van der Waals surface area contributed by atoms with Crippen LogP contribution in [0.4, 0.5) is 8.78 Å². The van der Waals surface area contributed by atoms with Gasteiger partial charge in [-0.15, -0.1) is 0 Å². The summed E-state index contributed by atoms with van der Waals surface area (Å²) in [6, 6.07) is 20.6. The fourth-order valence-corrected chi connectivity index (χ4v) is 4.57. The molecule has 0 unspecified atom stereocenters. The van der Waals surface area contributed by atoms with E-state index in [4.69, 9.17) is 18.9 Å². The molecular weight excluding hydrogens is 462 g/mol. The van der Waals surface area contributed by atoms with E-state index in [9.17, 15) is 0 Å². The Balaban J connectivity index is 1.82. The Labute approximate surface area is 207 Å². The van der Waals surface area contributed by atoms with Crippen molar-refractivity contribution in [1.82, 2.24) is 0 Å². The van der Waals surface area contributed by atoms with Crippen LogP contribution in [0.5, 0.6) is 23.0 Å². The second-order valence-electron chi connectivity index (χ2n) is 8.31. The highest BCUT2D eigenvalue weighted by Gasteiger charge is 2.24. The molecule has 5 aromatic carbocycles. The van der Waals surface area contributed by atoms with Crippen molar-refractivity contribution in [2.75, 3.05) is 28.4 Å². The van der Waals surface area contributed by atoms with Crippen molar-refractivity contribution in [2.45, 2.75) is 0 Å². The Morgan fingerprint density at radius 2 is 0.861 bits per heavy atom. The molecule has 0 fully saturated rings. The number of ether oxygens (including phenoxy) is 4. The normalized spacial score (nSPS) is 11.1. The van der Waals surface area contributed by atoms with E-state index in [-0.39, 0.29) is 11.1 Å². The second-order valence-corrected chi connectivity index (χ2v) is 8.31. The lowest BCUT2D eigenvalue weighted by Gasteiger charge is -2.19. The van der Waals surface area contributed by atoms with Gasteiger partial charge in [-0.3, -0.25) is 0 Å². The summed E-state index contributed by atoms with van der Waals surface area (Å²) in [5, 5.41) is 3.37. The van der Waals surface area contributed by atoms with Crippen molar-refractivity contribution < 1.29 is 27.7 Å². The van der Waals surface area contributed by atoms with Gasteiger partial charge in [-0.05, 0) is 82.2 Å². The molecule has 0 saturated carbocycles. The monoisotopic (exact) mass is 486 g/mol. The zero-order valence-corrected chi connectivity index (χ0v) is 20.3. The third-order valence-corrected chi connectivity index (χ3v) is 6.37. The van der Waals surface area contributed by atoms with Gasteiger partial charge in [0.25, 0.3) is 0 Å². The summed E-state index contributed by atoms with van der Waals surface area (Å²) in [5.74, 6) is 1.04. The number of fused-ring (bicyclic) bond motifs is 2. The van der Waals surface area contributed by atoms with Gasteiger partial charge in [-0.2, -0.15) is 0 Å². The first-order chi connectivity index (χ1) is 17.5. The largest absolute Gasteiger partial charge is 0.497 e. The highest BCUT2D eigenvalue weighted by molar-refractivity contribution is 5.99. The molecule has 4 nitrogen and oxygen atoms in total. The Morgan fingerprint density at radius 3 is 1.22 bits per heavy atom. The average molecular weight is 487 g/mol. The van der Waals surface area contributed by atoms with Crippen LogP contribution >= 0.6 is 0 Å². The molecule has 0 radical (unpaired) electrons. The van der Waals surface area contributed by atoms with Crippen molar-refractivity contribution in [3.8, 4) is 45.3 Å². The highest BCUT2D eigenvalue weighted by Crippen LogP contribution is 2.46. The first kappa shape index (κ1) is 23.4. The van der Waals surface area contributed by atoms with Gasteiger partial charge in [-0.25, -0.2) is 8.78 Å². The molecule has 6 heteroatoms. The summed E-state index contributed by atoms with van der Waals surface area (Å²) < 4.78 is 53.1. The van der Waals surface area contributed by atoms with Crippen LogP contribution in [0.15, 0.2) is 72.8 Å². The van der Waals surface area contributed by atoms with Crippen LogP contribution in [-0.2, 0) is 0 Å². The Morgan fingerprint density at radius 1 is 0.444 bits per heavy atom. The van der Waals surface area contributed by atoms with Gasteiger partial charge < -0.3 is 18.9 Å². The number of halogens is 2. The third kappa shape index (κ3) is 3.94. The molecule has 0 atom stereocenters. The molecule has 0 heterocycles. The van der Waals surface area contributed by atoms with E-state index in [1.807, 2.05) is 36.4 Å². The van der Waals surface area contributed by atoms with E-state index in [2.05, 4.69) is 0 Å². The van der Waals surface area contributed by atoms with Gasteiger partial charge >= 0.3 is 0 Å². The van der Waals surface area contributed by atoms with Crippen LogP contribution in [0, 0.1) is 11.6 Å². The molecule has 0 N–H and O–H groups in total. The topological polar surface area (TPSA) is 36.9 Å². The molecule has 5 rings (SSSR count). The van der Waals surface area contributed by atoms with E-state index in [1.54, 1.807) is 38.5 Å². The SMILES string of the molecule is COc1ccc2cc(-c3c(F)ccc(F)c3-c3cc4ccc(OC)cc4cc3OC)c(OC)cc2c1. The molecule has 0 aliphatic carbocycles. The van der Waals surface area contributed by atoms with Crippen LogP contribution in [-0.4, -0.2) is 28.4 Å². The van der Waals surface area contributed by atoms with Crippen molar-refractivity contribution in [2.24, 2.45) is 0 Å². The highest BCUT2D eigenvalue weighted by atomic mass is 19.1. The van der Waals surface area contributed by atoms with Crippen molar-refractivity contribution in [3.05, 3.63) is 84.4 Å². The molecule has 0 bridgehead atoms. The molecule has 5 aromatic rings. The van der Waals surface area contributed by atoms with Crippen LogP contribution in [0.25, 0.3) is 43.8 Å². The lowest BCUT2D eigenvalue weighted by molar-refractivity contribution is 0.414. The molecule has 182 valence electrons. The Kier molecular flexibility index (Phi) is 6.10. The zero-order valence-electron chi connectivity index (χ0n) is 20.3. The van der Waals surface area contributed by atoms with Crippen LogP contribution in [0.1, 0.15) is 0 Å². The van der Waals surface area contributed by atoms with Crippen molar-refractivity contribution in [1.29, 1.82) is 0 Å². The predicted molar refractivity (Wildman–Crippen MR) is 138 cm³/mol. The molecule has 0 aliphatic rings. The quantitative estimate of drug-likeness (QED) is 0.247. The summed E-state index contributed by atoms with van der Waals surface area (Å²) in [6.07, 6.45) is 0. The minimum atomic E-state index is -0.575. The third-order valence-electron chi connectivity index (χ3n) is 6.37. The van der Waals surface area contributed by atoms with Gasteiger partial charge in [-0.1, -0.05) is 12.1 Å². The molecule has 36 heavy (non-hydrogen) atoms. The van der Waals surface area contributed by atoms with E-state index in [0.717, 1.165) is 33.7 Å². The van der Waals surface area contributed by atoms with Gasteiger partial charge in [0.05, 0.1) is 28.4 Å². The van der Waals surface area contributed by atoms with Crippen molar-refractivity contribution >= 4 is 21.5 Å². The predicted octanol–water partition coefficient (Wildman–Crippen LogP) is 7.64. The standard InChI is InChI=1S/C30H24F2O4/c1-33-21-7-5-17-13-23(27(35-3)15-19(17)11-21)29-25(31)9-10-26(32)30(29)24-14-18-6-8-22(34-2)12-20(18)16-28(24)36-4/h5-16H,1-4H3. The molecule has 0 aromatic heterocycles. The molecule has 0 aliphatic heterocycles. The Hall–Kier alpha value is -4.32. The Bertz CT molecular complexity index is 1490. The minimum absolute atomic E-state index is 0.0933. The van der Waals surface area contributed by atoms with E-state index in [0.29, 0.717) is 34.1 Å². The maximum Gasteiger partial charge on any atom is 0.132 e. The van der Waals surface area contributed by atoms with E-state index < -0.39 is 11.6 Å². The minimum Gasteiger partial charge on any atom is -0.497 e. The first-order valence-corrected chi connectivity index (χ1v) is 11.3. The fraction of sp³-hybridized carbons (Fsp3) is 0.133. The van der Waals surface area contributed by atoms with Crippen LogP contribution < -0.4 is 18.9 Å². The first-order valence-electron chi connectivity index (χ1n) is 11.3. The summed E-state index contributed by atoms with van der Waals surface area (Å²) in [6.45, 7) is 0. The van der Waals surface area contributed by atoms with Gasteiger partial charge in [0.2, 0.25) is 0 Å². The molecule has 0 saturated heterocycles. The van der Waals surface area contributed by atoms with E-state index >= 15 is 8.78 Å². The number of methoxy groups -OCH3 is 4. The summed E-state index contributed by atoms with van der Waals surface area (Å²) in [4.78, 5) is 0. The number of hydrogen-bond acceptors (Lipinski definition) is 4. The van der Waals surface area contributed by atoms with E-state index in [1.165, 1.54) is 14.2 Å². The van der Waals surface area contributed by atoms with Crippen LogP contribution in [0.2, 0.25) is 0 Å². The zero-order chi connectivity index (χ0) is 25.4. The number of benzene rings is 5. The molecular formula is C30H24F2O4. The maximum atomic E-state index is 15.6. The average Bonchev–Trinajstić information content (AvgIpc) is 2.91. The molecule has 0 spiro atoms. The summed E-state index contributed by atoms with van der Waals surface area (Å²) >= 11 is 0. The number of rotatable bonds is 6. The second kappa shape index (κ2) is 9.38. The van der Waals surface area contributed by atoms with Gasteiger partial charge in [0.15, 0.2) is 0 Å². The summed E-state index contributed by atoms with van der Waals surface area (Å²) in [7, 11) is 6.19. The van der Waals surface area contributed by atoms with Crippen molar-refractivity contribution in [3.63, 3.8) is 0 Å². The molecule has 0 amide bonds. The van der Waals surface area contributed by atoms with Crippen LogP contribution in [0.3, 0.4) is 0 Å². The lowest BCUT2D eigenvalue weighted by Crippen LogP contribution is -1.99. The van der Waals surface area contributed by atoms with Gasteiger partial charge in [0.1, 0.15) is 34.6 Å². The lowest BCUT2D eigenvalue weighted by atomic mass is 9.90. The number of hydrogen-bond donors (Lipinski definition) is 0.